The van der Waals surface area contributed by atoms with Crippen molar-refractivity contribution in [3.8, 4) is 5.75 Å². The SMILES string of the molecule is COc1cccc(C=CC(=O)OCC(=O)N2CCCC2)c1. The van der Waals surface area contributed by atoms with Gasteiger partial charge in [-0.2, -0.15) is 0 Å². The number of benzene rings is 1. The van der Waals surface area contributed by atoms with Crippen LogP contribution in [-0.4, -0.2) is 43.6 Å². The molecule has 1 saturated heterocycles. The topological polar surface area (TPSA) is 55.8 Å². The molecule has 5 nitrogen and oxygen atoms in total. The van der Waals surface area contributed by atoms with Gasteiger partial charge in [0.05, 0.1) is 7.11 Å². The second-order valence-electron chi connectivity index (χ2n) is 4.81. The molecule has 1 fully saturated rings. The normalized spacial score (nSPS) is 14.4. The minimum absolute atomic E-state index is 0.129. The van der Waals surface area contributed by atoms with Crippen LogP contribution in [0.15, 0.2) is 30.3 Å². The highest BCUT2D eigenvalue weighted by Gasteiger charge is 2.18. The molecule has 1 aromatic carbocycles. The van der Waals surface area contributed by atoms with Crippen molar-refractivity contribution in [1.29, 1.82) is 0 Å². The van der Waals surface area contributed by atoms with Crippen LogP contribution in [0.25, 0.3) is 6.08 Å². The Balaban J connectivity index is 1.80. The Bertz CT molecular complexity index is 533. The lowest BCUT2D eigenvalue weighted by atomic mass is 10.2. The van der Waals surface area contributed by atoms with E-state index >= 15 is 0 Å². The average molecular weight is 289 g/mol. The maximum atomic E-state index is 11.7. The number of hydrogen-bond donors (Lipinski definition) is 0. The van der Waals surface area contributed by atoms with Crippen molar-refractivity contribution in [2.45, 2.75) is 12.8 Å². The number of carbonyl (C=O) groups excluding carboxylic acids is 2. The molecule has 112 valence electrons. The largest absolute Gasteiger partial charge is 0.497 e. The van der Waals surface area contributed by atoms with Crippen LogP contribution >= 0.6 is 0 Å². The van der Waals surface area contributed by atoms with Gasteiger partial charge in [-0.15, -0.1) is 0 Å². The number of esters is 1. The highest BCUT2D eigenvalue weighted by atomic mass is 16.5. The summed E-state index contributed by atoms with van der Waals surface area (Å²) in [6.07, 6.45) is 4.99. The zero-order valence-corrected chi connectivity index (χ0v) is 12.1. The lowest BCUT2D eigenvalue weighted by Gasteiger charge is -2.14. The highest BCUT2D eigenvalue weighted by Crippen LogP contribution is 2.13. The summed E-state index contributed by atoms with van der Waals surface area (Å²) < 4.78 is 10.0. The lowest BCUT2D eigenvalue weighted by molar-refractivity contribution is -0.147. The Morgan fingerprint density at radius 3 is 2.76 bits per heavy atom. The number of likely N-dealkylation sites (tertiary alicyclic amines) is 1. The van der Waals surface area contributed by atoms with Gasteiger partial charge in [0.15, 0.2) is 6.61 Å². The zero-order chi connectivity index (χ0) is 15.1. The fraction of sp³-hybridized carbons (Fsp3) is 0.375. The Kier molecular flexibility index (Phi) is 5.37. The summed E-state index contributed by atoms with van der Waals surface area (Å²) in [7, 11) is 1.58. The molecular weight excluding hydrogens is 270 g/mol. The molecule has 2 rings (SSSR count). The number of rotatable bonds is 5. The molecule has 21 heavy (non-hydrogen) atoms. The summed E-state index contributed by atoms with van der Waals surface area (Å²) in [5, 5.41) is 0. The monoisotopic (exact) mass is 289 g/mol. The molecule has 1 amide bonds. The Morgan fingerprint density at radius 2 is 2.05 bits per heavy atom. The first-order valence-electron chi connectivity index (χ1n) is 6.96. The average Bonchev–Trinajstić information content (AvgIpc) is 3.05. The van der Waals surface area contributed by atoms with E-state index in [-0.39, 0.29) is 12.5 Å². The molecule has 0 bridgehead atoms. The molecule has 0 radical (unpaired) electrons. The van der Waals surface area contributed by atoms with Gasteiger partial charge in [0.1, 0.15) is 5.75 Å². The van der Waals surface area contributed by atoms with E-state index in [4.69, 9.17) is 9.47 Å². The van der Waals surface area contributed by atoms with E-state index in [0.717, 1.165) is 37.2 Å². The number of hydrogen-bond acceptors (Lipinski definition) is 4. The smallest absolute Gasteiger partial charge is 0.331 e. The molecular formula is C16H19NO4. The third-order valence-corrected chi connectivity index (χ3v) is 3.30. The second kappa shape index (κ2) is 7.47. The Morgan fingerprint density at radius 1 is 1.29 bits per heavy atom. The van der Waals surface area contributed by atoms with Crippen molar-refractivity contribution < 1.29 is 19.1 Å². The van der Waals surface area contributed by atoms with Crippen molar-refractivity contribution >= 4 is 18.0 Å². The molecule has 0 spiro atoms. The van der Waals surface area contributed by atoms with Crippen molar-refractivity contribution in [3.05, 3.63) is 35.9 Å². The summed E-state index contributed by atoms with van der Waals surface area (Å²) in [6, 6.07) is 7.31. The maximum Gasteiger partial charge on any atom is 0.331 e. The first-order chi connectivity index (χ1) is 10.2. The molecule has 1 aliphatic rings. The summed E-state index contributed by atoms with van der Waals surface area (Å²) in [5.41, 5.74) is 0.831. The molecule has 1 aliphatic heterocycles. The van der Waals surface area contributed by atoms with Gasteiger partial charge in [0, 0.05) is 19.2 Å². The van der Waals surface area contributed by atoms with Crippen molar-refractivity contribution in [1.82, 2.24) is 4.90 Å². The predicted molar refractivity (Wildman–Crippen MR) is 78.8 cm³/mol. The number of ether oxygens (including phenoxy) is 2. The van der Waals surface area contributed by atoms with Crippen LogP contribution < -0.4 is 4.74 Å². The van der Waals surface area contributed by atoms with Gasteiger partial charge in [0.25, 0.3) is 5.91 Å². The van der Waals surface area contributed by atoms with E-state index in [1.165, 1.54) is 6.08 Å². The Labute approximate surface area is 124 Å². The molecule has 1 heterocycles. The lowest BCUT2D eigenvalue weighted by Crippen LogP contribution is -2.31. The van der Waals surface area contributed by atoms with Crippen LogP contribution in [0.2, 0.25) is 0 Å². The minimum atomic E-state index is -0.523. The molecule has 0 atom stereocenters. The van der Waals surface area contributed by atoms with Gasteiger partial charge in [-0.25, -0.2) is 4.79 Å². The first-order valence-corrected chi connectivity index (χ1v) is 6.96. The number of methoxy groups -OCH3 is 1. The van der Waals surface area contributed by atoms with Crippen LogP contribution in [0.4, 0.5) is 0 Å². The molecule has 1 aromatic rings. The summed E-state index contributed by atoms with van der Waals surface area (Å²) in [5.74, 6) is 0.0655. The fourth-order valence-electron chi connectivity index (χ4n) is 2.15. The van der Waals surface area contributed by atoms with E-state index in [1.807, 2.05) is 18.2 Å². The van der Waals surface area contributed by atoms with Crippen molar-refractivity contribution in [2.75, 3.05) is 26.8 Å². The third kappa shape index (κ3) is 4.63. The summed E-state index contributed by atoms with van der Waals surface area (Å²) >= 11 is 0. The van der Waals surface area contributed by atoms with Gasteiger partial charge in [-0.05, 0) is 36.6 Å². The summed E-state index contributed by atoms with van der Waals surface area (Å²) in [6.45, 7) is 1.33. The van der Waals surface area contributed by atoms with E-state index < -0.39 is 5.97 Å². The highest BCUT2D eigenvalue weighted by molar-refractivity contribution is 5.89. The molecule has 0 saturated carbocycles. The van der Waals surface area contributed by atoms with Crippen LogP contribution in [0.1, 0.15) is 18.4 Å². The first kappa shape index (κ1) is 15.1. The standard InChI is InChI=1S/C16H19NO4/c1-20-14-6-4-5-13(11-14)7-8-16(19)21-12-15(18)17-9-2-3-10-17/h4-8,11H,2-3,9-10,12H2,1H3. The van der Waals surface area contributed by atoms with E-state index in [0.29, 0.717) is 0 Å². The number of amides is 1. The van der Waals surface area contributed by atoms with Crippen LogP contribution in [0.5, 0.6) is 5.75 Å². The summed E-state index contributed by atoms with van der Waals surface area (Å²) in [4.78, 5) is 25.0. The molecule has 5 heteroatoms. The third-order valence-electron chi connectivity index (χ3n) is 3.30. The molecule has 0 aliphatic carbocycles. The molecule has 0 aromatic heterocycles. The zero-order valence-electron chi connectivity index (χ0n) is 12.1. The number of nitrogens with zero attached hydrogens (tertiary/aromatic N) is 1. The van der Waals surface area contributed by atoms with Gasteiger partial charge in [-0.1, -0.05) is 12.1 Å². The molecule has 0 unspecified atom stereocenters. The van der Waals surface area contributed by atoms with Crippen molar-refractivity contribution in [2.24, 2.45) is 0 Å². The fourth-order valence-corrected chi connectivity index (χ4v) is 2.15. The van der Waals surface area contributed by atoms with E-state index in [1.54, 1.807) is 24.2 Å². The van der Waals surface area contributed by atoms with Gasteiger partial charge in [0.2, 0.25) is 0 Å². The van der Waals surface area contributed by atoms with Gasteiger partial charge < -0.3 is 14.4 Å². The predicted octanol–water partition coefficient (Wildman–Crippen LogP) is 1.87. The van der Waals surface area contributed by atoms with Crippen LogP contribution in [0, 0.1) is 0 Å². The Hall–Kier alpha value is -2.30. The van der Waals surface area contributed by atoms with Gasteiger partial charge >= 0.3 is 5.97 Å². The quantitative estimate of drug-likeness (QED) is 0.613. The maximum absolute atomic E-state index is 11.7. The van der Waals surface area contributed by atoms with E-state index in [2.05, 4.69) is 0 Å². The van der Waals surface area contributed by atoms with Gasteiger partial charge in [-0.3, -0.25) is 4.79 Å². The van der Waals surface area contributed by atoms with E-state index in [9.17, 15) is 9.59 Å². The minimum Gasteiger partial charge on any atom is -0.497 e. The van der Waals surface area contributed by atoms with Crippen LogP contribution in [0.3, 0.4) is 0 Å². The van der Waals surface area contributed by atoms with Crippen LogP contribution in [-0.2, 0) is 14.3 Å². The molecule has 0 N–H and O–H groups in total. The van der Waals surface area contributed by atoms with Crippen molar-refractivity contribution in [3.63, 3.8) is 0 Å². The second-order valence-corrected chi connectivity index (χ2v) is 4.81. The number of carbonyl (C=O) groups is 2.